The summed E-state index contributed by atoms with van der Waals surface area (Å²) < 4.78 is 10.9. The summed E-state index contributed by atoms with van der Waals surface area (Å²) in [6.07, 6.45) is 23.0. The molecule has 0 aromatic heterocycles. The first-order valence-corrected chi connectivity index (χ1v) is 13.1. The largest absolute Gasteiger partial charge is 0.457 e. The van der Waals surface area contributed by atoms with Crippen LogP contribution in [0.25, 0.3) is 0 Å². The van der Waals surface area contributed by atoms with E-state index in [1.165, 1.54) is 83.5 Å². The summed E-state index contributed by atoms with van der Waals surface area (Å²) in [6.45, 7) is 5.24. The number of carbonyl (C=O) groups is 1. The molecule has 0 saturated heterocycles. The first kappa shape index (κ1) is 29.4. The molecular weight excluding hydrogens is 376 g/mol. The van der Waals surface area contributed by atoms with Gasteiger partial charge in [0.2, 0.25) is 0 Å². The summed E-state index contributed by atoms with van der Waals surface area (Å²) >= 11 is 0. The third-order valence-corrected chi connectivity index (χ3v) is 5.68. The van der Waals surface area contributed by atoms with E-state index in [0.717, 1.165) is 32.1 Å². The number of rotatable bonds is 24. The van der Waals surface area contributed by atoms with Gasteiger partial charge in [0.15, 0.2) is 0 Å². The van der Waals surface area contributed by atoms with Crippen LogP contribution in [0.15, 0.2) is 0 Å². The number of esters is 1. The number of unbranched alkanes of at least 4 members (excludes halogenated alkanes) is 16. The molecule has 1 unspecified atom stereocenters. The second kappa shape index (κ2) is 24.7. The first-order chi connectivity index (χ1) is 14.7. The Morgan fingerprint density at radius 3 is 1.57 bits per heavy atom. The van der Waals surface area contributed by atoms with Gasteiger partial charge in [0.05, 0.1) is 13.2 Å². The van der Waals surface area contributed by atoms with Gasteiger partial charge in [-0.25, -0.2) is 0 Å². The molecule has 1 atom stereocenters. The molecule has 0 amide bonds. The van der Waals surface area contributed by atoms with E-state index in [4.69, 9.17) is 9.47 Å². The maximum Gasteiger partial charge on any atom is 0.306 e. The molecule has 0 spiro atoms. The molecule has 0 aliphatic heterocycles. The zero-order valence-electron chi connectivity index (χ0n) is 20.3. The lowest BCUT2D eigenvalue weighted by molar-refractivity contribution is -0.154. The van der Waals surface area contributed by atoms with E-state index in [9.17, 15) is 9.90 Å². The second-order valence-electron chi connectivity index (χ2n) is 8.78. The Morgan fingerprint density at radius 2 is 1.10 bits per heavy atom. The number of carbonyl (C=O) groups excluding carboxylic acids is 1. The van der Waals surface area contributed by atoms with Gasteiger partial charge >= 0.3 is 5.97 Å². The summed E-state index contributed by atoms with van der Waals surface area (Å²) in [5.41, 5.74) is 0. The van der Waals surface area contributed by atoms with Crippen molar-refractivity contribution in [1.29, 1.82) is 0 Å². The van der Waals surface area contributed by atoms with Gasteiger partial charge in [-0.3, -0.25) is 4.79 Å². The van der Waals surface area contributed by atoms with Crippen LogP contribution in [0.4, 0.5) is 0 Å². The molecule has 4 heteroatoms. The third-order valence-electron chi connectivity index (χ3n) is 5.68. The summed E-state index contributed by atoms with van der Waals surface area (Å²) in [5.74, 6) is -0.217. The van der Waals surface area contributed by atoms with Crippen LogP contribution in [0.2, 0.25) is 0 Å². The van der Waals surface area contributed by atoms with Crippen molar-refractivity contribution in [2.75, 3.05) is 19.8 Å². The summed E-state index contributed by atoms with van der Waals surface area (Å²) in [7, 11) is 0. The smallest absolute Gasteiger partial charge is 0.306 e. The Bertz CT molecular complexity index is 346. The van der Waals surface area contributed by atoms with Gasteiger partial charge in [-0.15, -0.1) is 0 Å². The van der Waals surface area contributed by atoms with Gasteiger partial charge in [0.25, 0.3) is 0 Å². The molecule has 180 valence electrons. The molecule has 0 fully saturated rings. The molecule has 0 aliphatic carbocycles. The molecule has 4 nitrogen and oxygen atoms in total. The van der Waals surface area contributed by atoms with E-state index in [-0.39, 0.29) is 12.6 Å². The van der Waals surface area contributed by atoms with E-state index in [1.807, 2.05) is 0 Å². The van der Waals surface area contributed by atoms with Crippen molar-refractivity contribution in [2.24, 2.45) is 0 Å². The van der Waals surface area contributed by atoms with Crippen molar-refractivity contribution < 1.29 is 19.4 Å². The average molecular weight is 429 g/mol. The quantitative estimate of drug-likeness (QED) is 0.129. The topological polar surface area (TPSA) is 55.8 Å². The van der Waals surface area contributed by atoms with E-state index in [1.54, 1.807) is 0 Å². The highest BCUT2D eigenvalue weighted by Gasteiger charge is 2.13. The lowest BCUT2D eigenvalue weighted by Gasteiger charge is -2.15. The molecule has 0 aliphatic rings. The average Bonchev–Trinajstić information content (AvgIpc) is 2.75. The summed E-state index contributed by atoms with van der Waals surface area (Å²) in [4.78, 5) is 11.8. The normalized spacial score (nSPS) is 12.2. The summed E-state index contributed by atoms with van der Waals surface area (Å²) in [6, 6.07) is 0. The van der Waals surface area contributed by atoms with E-state index in [0.29, 0.717) is 19.6 Å². The van der Waals surface area contributed by atoms with Gasteiger partial charge in [-0.1, -0.05) is 117 Å². The lowest BCUT2D eigenvalue weighted by Crippen LogP contribution is -2.27. The van der Waals surface area contributed by atoms with Crippen LogP contribution in [0, 0.1) is 0 Å². The Kier molecular flexibility index (Phi) is 24.2. The zero-order chi connectivity index (χ0) is 22.1. The fraction of sp³-hybridized carbons (Fsp3) is 0.962. The van der Waals surface area contributed by atoms with Crippen molar-refractivity contribution >= 4 is 5.97 Å². The maximum atomic E-state index is 11.8. The zero-order valence-corrected chi connectivity index (χ0v) is 20.3. The minimum Gasteiger partial charge on any atom is -0.457 e. The van der Waals surface area contributed by atoms with Crippen molar-refractivity contribution in [2.45, 2.75) is 142 Å². The minimum atomic E-state index is -0.518. The molecule has 0 radical (unpaired) electrons. The van der Waals surface area contributed by atoms with Crippen molar-refractivity contribution in [3.63, 3.8) is 0 Å². The highest BCUT2D eigenvalue weighted by atomic mass is 16.6. The fourth-order valence-corrected chi connectivity index (χ4v) is 3.68. The number of aliphatic hydroxyl groups is 1. The SMILES string of the molecule is CCCCCCCCCCCCCCCCOCC(CO)OC(=O)CCCCCC. The molecule has 0 bridgehead atoms. The standard InChI is InChI=1S/C26H52O4/c1-3-5-7-9-10-11-12-13-14-15-16-17-18-20-22-29-24-25(23-27)30-26(28)21-19-8-6-4-2/h25,27H,3-24H2,1-2H3. The van der Waals surface area contributed by atoms with Crippen molar-refractivity contribution in [1.82, 2.24) is 0 Å². The first-order valence-electron chi connectivity index (χ1n) is 13.1. The molecule has 0 aromatic rings. The third kappa shape index (κ3) is 22.1. The van der Waals surface area contributed by atoms with Crippen LogP contribution < -0.4 is 0 Å². The van der Waals surface area contributed by atoms with Gasteiger partial charge in [-0.05, 0) is 12.8 Å². The highest BCUT2D eigenvalue weighted by molar-refractivity contribution is 5.69. The van der Waals surface area contributed by atoms with E-state index >= 15 is 0 Å². The van der Waals surface area contributed by atoms with E-state index in [2.05, 4.69) is 13.8 Å². The number of ether oxygens (including phenoxy) is 2. The van der Waals surface area contributed by atoms with Crippen LogP contribution >= 0.6 is 0 Å². The van der Waals surface area contributed by atoms with Crippen LogP contribution in [0.3, 0.4) is 0 Å². The monoisotopic (exact) mass is 428 g/mol. The van der Waals surface area contributed by atoms with Crippen LogP contribution in [-0.2, 0) is 14.3 Å². The van der Waals surface area contributed by atoms with E-state index < -0.39 is 6.10 Å². The van der Waals surface area contributed by atoms with Crippen molar-refractivity contribution in [3.8, 4) is 0 Å². The van der Waals surface area contributed by atoms with Gasteiger partial charge in [-0.2, -0.15) is 0 Å². The second-order valence-corrected chi connectivity index (χ2v) is 8.78. The molecular formula is C26H52O4. The minimum absolute atomic E-state index is 0.167. The fourth-order valence-electron chi connectivity index (χ4n) is 3.68. The van der Waals surface area contributed by atoms with Gasteiger partial charge in [0.1, 0.15) is 6.10 Å². The van der Waals surface area contributed by atoms with Crippen molar-refractivity contribution in [3.05, 3.63) is 0 Å². The number of aliphatic hydroxyl groups excluding tert-OH is 1. The van der Waals surface area contributed by atoms with Gasteiger partial charge in [0, 0.05) is 13.0 Å². The summed E-state index contributed by atoms with van der Waals surface area (Å²) in [5, 5.41) is 9.35. The predicted molar refractivity (Wildman–Crippen MR) is 127 cm³/mol. The highest BCUT2D eigenvalue weighted by Crippen LogP contribution is 2.13. The van der Waals surface area contributed by atoms with Gasteiger partial charge < -0.3 is 14.6 Å². The molecule has 0 saturated carbocycles. The molecule has 0 aromatic carbocycles. The lowest BCUT2D eigenvalue weighted by atomic mass is 10.0. The Balaban J connectivity index is 3.34. The Morgan fingerprint density at radius 1 is 0.667 bits per heavy atom. The predicted octanol–water partition coefficient (Wildman–Crippen LogP) is 7.36. The maximum absolute atomic E-state index is 11.8. The molecule has 30 heavy (non-hydrogen) atoms. The Labute approximate surface area is 187 Å². The number of hydrogen-bond acceptors (Lipinski definition) is 4. The van der Waals surface area contributed by atoms with Crippen LogP contribution in [0.5, 0.6) is 0 Å². The number of hydrogen-bond donors (Lipinski definition) is 1. The van der Waals surface area contributed by atoms with Crippen LogP contribution in [-0.4, -0.2) is 37.0 Å². The molecule has 1 N–H and O–H groups in total. The Hall–Kier alpha value is -0.610. The molecule has 0 heterocycles. The molecule has 0 rings (SSSR count). The van der Waals surface area contributed by atoms with Crippen LogP contribution in [0.1, 0.15) is 136 Å².